The fraction of sp³-hybridized carbons (Fsp3) is 0.250. The van der Waals surface area contributed by atoms with Crippen molar-refractivity contribution < 1.29 is 28.5 Å². The molecule has 0 spiro atoms. The third-order valence-corrected chi connectivity index (χ3v) is 6.27. The lowest BCUT2D eigenvalue weighted by Crippen LogP contribution is -2.32. The first kappa shape index (κ1) is 22.8. The topological polar surface area (TPSA) is 66.5 Å². The molecule has 0 fully saturated rings. The molecule has 0 saturated heterocycles. The van der Waals surface area contributed by atoms with E-state index < -0.39 is 0 Å². The van der Waals surface area contributed by atoms with Crippen LogP contribution in [-0.4, -0.2) is 38.7 Å². The van der Waals surface area contributed by atoms with E-state index in [-0.39, 0.29) is 11.5 Å². The van der Waals surface area contributed by atoms with Crippen LogP contribution in [0.4, 0.5) is 0 Å². The van der Waals surface area contributed by atoms with Crippen LogP contribution in [0.2, 0.25) is 0 Å². The van der Waals surface area contributed by atoms with E-state index in [1.54, 1.807) is 39.5 Å². The van der Waals surface area contributed by atoms with Crippen LogP contribution in [0, 0.1) is 6.92 Å². The summed E-state index contributed by atoms with van der Waals surface area (Å²) in [6, 6.07) is 15.6. The molecule has 0 N–H and O–H groups in total. The number of rotatable bonds is 6. The standard InChI is InChI=1S/C28H27NO6/c1-17-27-20(15-29(16-34-27)14-18-8-6-5-7-9-18)10-21-26(30)25(35-28(17)21)12-19-11-23(32-3)24(33-4)13-22(19)31-2/h5-13H,14-16H2,1-4H3/b25-12-. The third-order valence-electron chi connectivity index (χ3n) is 6.27. The Morgan fingerprint density at radius 1 is 0.943 bits per heavy atom. The maximum absolute atomic E-state index is 13.3. The molecule has 0 bridgehead atoms. The van der Waals surface area contributed by atoms with Gasteiger partial charge in [0.1, 0.15) is 24.0 Å². The number of allylic oxidation sites excluding steroid dienone is 1. The van der Waals surface area contributed by atoms with E-state index in [2.05, 4.69) is 17.0 Å². The van der Waals surface area contributed by atoms with Crippen LogP contribution in [0.3, 0.4) is 0 Å². The molecule has 0 aliphatic carbocycles. The van der Waals surface area contributed by atoms with Gasteiger partial charge in [0.25, 0.3) is 0 Å². The van der Waals surface area contributed by atoms with Crippen molar-refractivity contribution in [2.45, 2.75) is 20.0 Å². The first-order chi connectivity index (χ1) is 17.0. The van der Waals surface area contributed by atoms with Gasteiger partial charge < -0.3 is 23.7 Å². The molecule has 180 valence electrons. The third kappa shape index (κ3) is 4.19. The highest BCUT2D eigenvalue weighted by atomic mass is 16.5. The van der Waals surface area contributed by atoms with Crippen molar-refractivity contribution in [1.82, 2.24) is 4.90 Å². The summed E-state index contributed by atoms with van der Waals surface area (Å²) in [6.07, 6.45) is 1.67. The minimum Gasteiger partial charge on any atom is -0.496 e. The first-order valence-corrected chi connectivity index (χ1v) is 11.3. The minimum absolute atomic E-state index is 0.178. The molecule has 7 nitrogen and oxygen atoms in total. The van der Waals surface area contributed by atoms with Gasteiger partial charge in [-0.15, -0.1) is 0 Å². The molecule has 3 aromatic carbocycles. The lowest BCUT2D eigenvalue weighted by Gasteiger charge is -2.30. The molecule has 7 heteroatoms. The van der Waals surface area contributed by atoms with Crippen molar-refractivity contribution in [3.05, 3.63) is 82.1 Å². The second-order valence-electron chi connectivity index (χ2n) is 8.50. The quantitative estimate of drug-likeness (QED) is 0.467. The van der Waals surface area contributed by atoms with Gasteiger partial charge in [0.2, 0.25) is 5.78 Å². The van der Waals surface area contributed by atoms with E-state index in [0.717, 1.165) is 23.4 Å². The normalized spacial score (nSPS) is 15.8. The summed E-state index contributed by atoms with van der Waals surface area (Å²) in [7, 11) is 4.68. The van der Waals surface area contributed by atoms with Crippen molar-refractivity contribution in [3.8, 4) is 28.7 Å². The molecule has 0 unspecified atom stereocenters. The molecule has 0 saturated carbocycles. The zero-order valence-electron chi connectivity index (χ0n) is 20.2. The summed E-state index contributed by atoms with van der Waals surface area (Å²) < 4.78 is 28.4. The van der Waals surface area contributed by atoms with Crippen LogP contribution in [0.1, 0.15) is 32.6 Å². The summed E-state index contributed by atoms with van der Waals surface area (Å²) in [5.74, 6) is 2.97. The Hall–Kier alpha value is -3.97. The lowest BCUT2D eigenvalue weighted by molar-refractivity contribution is 0.0876. The number of carbonyl (C=O) groups excluding carboxylic acids is 1. The highest BCUT2D eigenvalue weighted by Gasteiger charge is 2.34. The molecule has 3 aromatic rings. The molecule has 2 aliphatic heterocycles. The van der Waals surface area contributed by atoms with Crippen LogP contribution in [-0.2, 0) is 13.1 Å². The molecule has 0 radical (unpaired) electrons. The fourth-order valence-electron chi connectivity index (χ4n) is 4.55. The van der Waals surface area contributed by atoms with Gasteiger partial charge >= 0.3 is 0 Å². The van der Waals surface area contributed by atoms with Gasteiger partial charge in [-0.1, -0.05) is 30.3 Å². The van der Waals surface area contributed by atoms with Crippen LogP contribution >= 0.6 is 0 Å². The van der Waals surface area contributed by atoms with E-state index in [1.807, 2.05) is 31.2 Å². The van der Waals surface area contributed by atoms with E-state index >= 15 is 0 Å². The molecule has 35 heavy (non-hydrogen) atoms. The predicted molar refractivity (Wildman–Crippen MR) is 131 cm³/mol. The molecule has 0 amide bonds. The minimum atomic E-state index is -0.178. The Morgan fingerprint density at radius 3 is 2.37 bits per heavy atom. The average molecular weight is 474 g/mol. The molecule has 2 aliphatic rings. The molecule has 0 atom stereocenters. The number of nitrogens with zero attached hydrogens (tertiary/aromatic N) is 1. The van der Waals surface area contributed by atoms with Gasteiger partial charge in [-0.3, -0.25) is 9.69 Å². The summed E-state index contributed by atoms with van der Waals surface area (Å²) >= 11 is 0. The van der Waals surface area contributed by atoms with Gasteiger partial charge in [0.05, 0.1) is 26.9 Å². The number of ether oxygens (including phenoxy) is 5. The summed E-state index contributed by atoms with van der Waals surface area (Å²) in [6.45, 7) is 3.86. The maximum atomic E-state index is 13.3. The highest BCUT2D eigenvalue weighted by Crippen LogP contribution is 2.44. The van der Waals surface area contributed by atoms with Crippen LogP contribution in [0.15, 0.2) is 54.3 Å². The number of hydrogen-bond donors (Lipinski definition) is 0. The van der Waals surface area contributed by atoms with Crippen LogP contribution < -0.4 is 23.7 Å². The van der Waals surface area contributed by atoms with E-state index in [0.29, 0.717) is 47.4 Å². The first-order valence-electron chi connectivity index (χ1n) is 11.3. The van der Waals surface area contributed by atoms with Gasteiger partial charge in [0, 0.05) is 35.8 Å². The van der Waals surface area contributed by atoms with Crippen molar-refractivity contribution in [2.24, 2.45) is 0 Å². The summed E-state index contributed by atoms with van der Waals surface area (Å²) in [5, 5.41) is 0. The molecule has 0 aromatic heterocycles. The second kappa shape index (κ2) is 9.35. The fourth-order valence-corrected chi connectivity index (χ4v) is 4.55. The number of Topliss-reactive ketones (excluding diaryl/α,β-unsaturated/α-hetero) is 1. The lowest BCUT2D eigenvalue weighted by atomic mass is 9.99. The van der Waals surface area contributed by atoms with Gasteiger partial charge in [-0.05, 0) is 30.7 Å². The largest absolute Gasteiger partial charge is 0.496 e. The Labute approximate surface area is 204 Å². The smallest absolute Gasteiger partial charge is 0.231 e. The van der Waals surface area contributed by atoms with E-state index in [1.165, 1.54) is 5.56 Å². The average Bonchev–Trinajstić information content (AvgIpc) is 3.19. The number of methoxy groups -OCH3 is 3. The maximum Gasteiger partial charge on any atom is 0.231 e. The van der Waals surface area contributed by atoms with Gasteiger partial charge in [-0.2, -0.15) is 0 Å². The Balaban J connectivity index is 1.45. The molecular formula is C28H27NO6. The summed E-state index contributed by atoms with van der Waals surface area (Å²) in [5.41, 5.74) is 4.20. The zero-order chi connectivity index (χ0) is 24.5. The van der Waals surface area contributed by atoms with Crippen LogP contribution in [0.25, 0.3) is 6.08 Å². The number of hydrogen-bond acceptors (Lipinski definition) is 7. The Bertz CT molecular complexity index is 1320. The number of ketones is 1. The van der Waals surface area contributed by atoms with Gasteiger partial charge in [0.15, 0.2) is 17.3 Å². The van der Waals surface area contributed by atoms with Crippen molar-refractivity contribution in [1.29, 1.82) is 0 Å². The Morgan fingerprint density at radius 2 is 1.66 bits per heavy atom. The second-order valence-corrected chi connectivity index (χ2v) is 8.50. The SMILES string of the molecule is COc1cc(OC)c(OC)cc1/C=C1\Oc2c(cc3c(c2C)OCN(Cc2ccccc2)C3)C1=O. The highest BCUT2D eigenvalue weighted by molar-refractivity contribution is 6.15. The molecular weight excluding hydrogens is 446 g/mol. The number of benzene rings is 3. The van der Waals surface area contributed by atoms with E-state index in [9.17, 15) is 4.79 Å². The summed E-state index contributed by atoms with van der Waals surface area (Å²) in [4.78, 5) is 15.5. The molecule has 2 heterocycles. The van der Waals surface area contributed by atoms with Crippen LogP contribution in [0.5, 0.6) is 28.7 Å². The number of fused-ring (bicyclic) bond motifs is 2. The zero-order valence-corrected chi connectivity index (χ0v) is 20.2. The monoisotopic (exact) mass is 473 g/mol. The van der Waals surface area contributed by atoms with Gasteiger partial charge in [-0.25, -0.2) is 0 Å². The Kier molecular flexibility index (Phi) is 6.09. The van der Waals surface area contributed by atoms with E-state index in [4.69, 9.17) is 23.7 Å². The molecule has 5 rings (SSSR count). The van der Waals surface area contributed by atoms with Crippen molar-refractivity contribution >= 4 is 11.9 Å². The van der Waals surface area contributed by atoms with Crippen molar-refractivity contribution in [3.63, 3.8) is 0 Å². The predicted octanol–water partition coefficient (Wildman–Crippen LogP) is 4.99. The number of carbonyl (C=O) groups is 1. The van der Waals surface area contributed by atoms with Crippen molar-refractivity contribution in [2.75, 3.05) is 28.1 Å².